The molecule has 0 aliphatic rings. The Morgan fingerprint density at radius 2 is 2.44 bits per heavy atom. The van der Waals surface area contributed by atoms with Crippen LogP contribution in [0.2, 0.25) is 0 Å². The number of nitrogen functional groups attached to an aromatic ring is 1. The minimum atomic E-state index is -1.10. The van der Waals surface area contributed by atoms with Gasteiger partial charge in [0.15, 0.2) is 0 Å². The number of aromatic nitrogens is 2. The van der Waals surface area contributed by atoms with Crippen molar-refractivity contribution >= 4 is 5.82 Å². The second kappa shape index (κ2) is 1.85. The Morgan fingerprint density at radius 1 is 1.78 bits per heavy atom. The van der Waals surface area contributed by atoms with Crippen LogP contribution in [0.15, 0.2) is 11.0 Å². The number of anilines is 1. The zero-order chi connectivity index (χ0) is 6.85. The van der Waals surface area contributed by atoms with Gasteiger partial charge in [0.25, 0.3) is 5.95 Å². The molecule has 0 aliphatic heterocycles. The summed E-state index contributed by atoms with van der Waals surface area (Å²) in [4.78, 5) is 15.3. The van der Waals surface area contributed by atoms with Crippen molar-refractivity contribution in [2.45, 2.75) is 0 Å². The lowest BCUT2D eigenvalue weighted by Crippen LogP contribution is -2.13. The van der Waals surface area contributed by atoms with E-state index in [4.69, 9.17) is 5.73 Å². The zero-order valence-electron chi connectivity index (χ0n) is 4.39. The van der Waals surface area contributed by atoms with Crippen molar-refractivity contribution in [3.63, 3.8) is 0 Å². The molecule has 0 saturated carbocycles. The van der Waals surface area contributed by atoms with E-state index in [0.29, 0.717) is 0 Å². The lowest BCUT2D eigenvalue weighted by molar-refractivity contribution is 0.566. The molecule has 3 N–H and O–H groups in total. The predicted molar refractivity (Wildman–Crippen MR) is 29.2 cm³/mol. The fraction of sp³-hybridized carbons (Fsp3) is 0. The van der Waals surface area contributed by atoms with Gasteiger partial charge in [-0.15, -0.1) is 0 Å². The van der Waals surface area contributed by atoms with Gasteiger partial charge in [-0.2, -0.15) is 9.37 Å². The van der Waals surface area contributed by atoms with Gasteiger partial charge < -0.3 is 10.7 Å². The summed E-state index contributed by atoms with van der Waals surface area (Å²) in [5.41, 5.74) is 4.15. The summed E-state index contributed by atoms with van der Waals surface area (Å²) in [6, 6.07) is 0. The van der Waals surface area contributed by atoms with E-state index in [1.165, 1.54) is 0 Å². The normalized spacial score (nSPS) is 9.44. The van der Waals surface area contributed by atoms with Gasteiger partial charge in [-0.1, -0.05) is 0 Å². The van der Waals surface area contributed by atoms with Crippen LogP contribution in [0.5, 0.6) is 0 Å². The number of aromatic amines is 1. The molecule has 0 aliphatic carbocycles. The highest BCUT2D eigenvalue weighted by Gasteiger charge is 1.96. The maximum absolute atomic E-state index is 12.0. The molecule has 0 spiro atoms. The van der Waals surface area contributed by atoms with E-state index in [2.05, 4.69) is 4.98 Å². The minimum absolute atomic E-state index is 0.0351. The first-order valence-corrected chi connectivity index (χ1v) is 2.21. The van der Waals surface area contributed by atoms with E-state index in [1.807, 2.05) is 4.98 Å². The van der Waals surface area contributed by atoms with Gasteiger partial charge in [-0.3, -0.25) is 4.79 Å². The van der Waals surface area contributed by atoms with Crippen molar-refractivity contribution in [2.75, 3.05) is 5.73 Å². The smallest absolute Gasteiger partial charge is 0.303 e. The highest BCUT2D eigenvalue weighted by atomic mass is 19.1. The number of nitrogens with one attached hydrogen (secondary N) is 1. The second-order valence-corrected chi connectivity index (χ2v) is 1.45. The molecule has 0 fully saturated rings. The third kappa shape index (κ3) is 1.04. The van der Waals surface area contributed by atoms with Crippen LogP contribution >= 0.6 is 0 Å². The van der Waals surface area contributed by atoms with Gasteiger partial charge >= 0.3 is 5.56 Å². The Morgan fingerprint density at radius 3 is 2.89 bits per heavy atom. The SMILES string of the molecule is Nc1c[nH]c(=O)c(F)n1. The molecule has 0 saturated heterocycles. The third-order valence-electron chi connectivity index (χ3n) is 0.766. The van der Waals surface area contributed by atoms with Crippen LogP contribution in [0.1, 0.15) is 0 Å². The molecule has 0 amide bonds. The van der Waals surface area contributed by atoms with E-state index in [1.54, 1.807) is 0 Å². The first-order valence-electron chi connectivity index (χ1n) is 2.21. The molecule has 0 radical (unpaired) electrons. The lowest BCUT2D eigenvalue weighted by Gasteiger charge is -1.87. The number of rotatable bonds is 0. The third-order valence-corrected chi connectivity index (χ3v) is 0.766. The molecule has 9 heavy (non-hydrogen) atoms. The van der Waals surface area contributed by atoms with Gasteiger partial charge in [-0.25, -0.2) is 0 Å². The minimum Gasteiger partial charge on any atom is -0.382 e. The predicted octanol–water partition coefficient (Wildman–Crippen LogP) is -0.509. The van der Waals surface area contributed by atoms with Gasteiger partial charge in [0.05, 0.1) is 0 Å². The largest absolute Gasteiger partial charge is 0.382 e. The van der Waals surface area contributed by atoms with Gasteiger partial charge in [0, 0.05) is 6.20 Å². The standard InChI is InChI=1S/C4H4FN3O/c5-3-4(9)7-1-2(6)8-3/h1H,(H2,6,8)(H,7,9). The van der Waals surface area contributed by atoms with Crippen molar-refractivity contribution in [1.82, 2.24) is 9.97 Å². The van der Waals surface area contributed by atoms with E-state index < -0.39 is 11.5 Å². The average molecular weight is 129 g/mol. The summed E-state index contributed by atoms with van der Waals surface area (Å²) in [6.07, 6.45) is 1.13. The van der Waals surface area contributed by atoms with Crippen LogP contribution in [0, 0.1) is 5.95 Å². The molecule has 0 aromatic carbocycles. The van der Waals surface area contributed by atoms with E-state index >= 15 is 0 Å². The van der Waals surface area contributed by atoms with Crippen LogP contribution in [0.4, 0.5) is 10.2 Å². The first-order chi connectivity index (χ1) is 4.20. The van der Waals surface area contributed by atoms with Crippen molar-refractivity contribution in [1.29, 1.82) is 0 Å². The second-order valence-electron chi connectivity index (χ2n) is 1.45. The molecular formula is C4H4FN3O. The maximum Gasteiger partial charge on any atom is 0.303 e. The molecular weight excluding hydrogens is 125 g/mol. The number of nitrogens with zero attached hydrogens (tertiary/aromatic N) is 1. The molecule has 0 atom stereocenters. The quantitative estimate of drug-likeness (QED) is 0.495. The highest BCUT2D eigenvalue weighted by molar-refractivity contribution is 5.20. The number of halogens is 1. The highest BCUT2D eigenvalue weighted by Crippen LogP contribution is 1.87. The molecule has 48 valence electrons. The van der Waals surface area contributed by atoms with Gasteiger partial charge in [-0.05, 0) is 0 Å². The van der Waals surface area contributed by atoms with Crippen molar-refractivity contribution in [3.8, 4) is 0 Å². The monoisotopic (exact) mass is 129 g/mol. The molecule has 1 aromatic heterocycles. The number of hydrogen-bond acceptors (Lipinski definition) is 3. The molecule has 1 aromatic rings. The zero-order valence-corrected chi connectivity index (χ0v) is 4.39. The van der Waals surface area contributed by atoms with E-state index in [0.717, 1.165) is 6.20 Å². The van der Waals surface area contributed by atoms with Crippen LogP contribution in [0.25, 0.3) is 0 Å². The summed E-state index contributed by atoms with van der Waals surface area (Å²) in [5.74, 6) is -1.14. The Bertz CT molecular complexity index is 269. The Balaban J connectivity index is 3.34. The van der Waals surface area contributed by atoms with Gasteiger partial charge in [0.1, 0.15) is 5.82 Å². The first kappa shape index (κ1) is 5.74. The van der Waals surface area contributed by atoms with Crippen LogP contribution in [0.3, 0.4) is 0 Å². The van der Waals surface area contributed by atoms with Crippen LogP contribution in [-0.2, 0) is 0 Å². The summed E-state index contributed by atoms with van der Waals surface area (Å²) < 4.78 is 12.0. The topological polar surface area (TPSA) is 71.8 Å². The molecule has 1 rings (SSSR count). The van der Waals surface area contributed by atoms with Crippen molar-refractivity contribution < 1.29 is 4.39 Å². The molecule has 0 unspecified atom stereocenters. The maximum atomic E-state index is 12.0. The summed E-state index contributed by atoms with van der Waals surface area (Å²) in [6.45, 7) is 0. The summed E-state index contributed by atoms with van der Waals surface area (Å²) >= 11 is 0. The van der Waals surface area contributed by atoms with Crippen molar-refractivity contribution in [3.05, 3.63) is 22.5 Å². The van der Waals surface area contributed by atoms with Crippen LogP contribution < -0.4 is 11.3 Å². The van der Waals surface area contributed by atoms with Crippen molar-refractivity contribution in [2.24, 2.45) is 0 Å². The average Bonchev–Trinajstić information content (AvgIpc) is 1.80. The number of nitrogens with two attached hydrogens (primary N) is 1. The van der Waals surface area contributed by atoms with Gasteiger partial charge in [0.2, 0.25) is 0 Å². The summed E-state index contributed by atoms with van der Waals surface area (Å²) in [5, 5.41) is 0. The van der Waals surface area contributed by atoms with E-state index in [9.17, 15) is 9.18 Å². The fourth-order valence-corrected chi connectivity index (χ4v) is 0.395. The molecule has 4 nitrogen and oxygen atoms in total. The Hall–Kier alpha value is -1.39. The van der Waals surface area contributed by atoms with Crippen LogP contribution in [-0.4, -0.2) is 9.97 Å². The number of hydrogen-bond donors (Lipinski definition) is 2. The Kier molecular flexibility index (Phi) is 1.18. The molecule has 1 heterocycles. The molecule has 0 bridgehead atoms. The Labute approximate surface area is 49.5 Å². The fourth-order valence-electron chi connectivity index (χ4n) is 0.395. The van der Waals surface area contributed by atoms with E-state index in [-0.39, 0.29) is 5.82 Å². The molecule has 5 heteroatoms. The summed E-state index contributed by atoms with van der Waals surface area (Å²) in [7, 11) is 0. The lowest BCUT2D eigenvalue weighted by atomic mass is 10.7. The number of H-pyrrole nitrogens is 1.